The maximum atomic E-state index is 5.58. The molecule has 3 rings (SSSR count). The molecule has 0 aliphatic rings. The van der Waals surface area contributed by atoms with Gasteiger partial charge in [0, 0.05) is 10.9 Å². The van der Waals surface area contributed by atoms with Crippen LogP contribution in [0.3, 0.4) is 0 Å². The largest absolute Gasteiger partial charge is 0.493 e. The van der Waals surface area contributed by atoms with E-state index in [9.17, 15) is 0 Å². The predicted molar refractivity (Wildman–Crippen MR) is 76.6 cm³/mol. The summed E-state index contributed by atoms with van der Waals surface area (Å²) in [6.45, 7) is 0.647. The van der Waals surface area contributed by atoms with Crippen LogP contribution in [0.5, 0.6) is 5.75 Å². The number of thiophene rings is 1. The Morgan fingerprint density at radius 2 is 2.28 bits per heavy atom. The smallest absolute Gasteiger partial charge is 0.175 e. The fourth-order valence-corrected chi connectivity index (χ4v) is 2.64. The lowest BCUT2D eigenvalue weighted by molar-refractivity contribution is 0.345. The average Bonchev–Trinajstić information content (AvgIpc) is 2.99. The summed E-state index contributed by atoms with van der Waals surface area (Å²) in [6.07, 6.45) is 0. The minimum absolute atomic E-state index is 0.647. The van der Waals surface area contributed by atoms with E-state index in [1.165, 1.54) is 0 Å². The van der Waals surface area contributed by atoms with Gasteiger partial charge in [-0.3, -0.25) is 0 Å². The molecule has 0 aliphatic carbocycles. The molecule has 2 aromatic heterocycles. The van der Waals surface area contributed by atoms with E-state index in [4.69, 9.17) is 9.26 Å². The standard InChI is InChI=1S/C13H10BrNO2S/c14-5-6-16-10-3-1-2-9(8-10)12-11-4-7-18-13(11)15-17-12/h1-4,7-8H,5-6H2. The van der Waals surface area contributed by atoms with Crippen LogP contribution in [-0.4, -0.2) is 17.1 Å². The number of hydrogen-bond donors (Lipinski definition) is 0. The molecular weight excluding hydrogens is 314 g/mol. The second kappa shape index (κ2) is 5.12. The molecule has 3 nitrogen and oxygen atoms in total. The molecule has 0 fully saturated rings. The highest BCUT2D eigenvalue weighted by atomic mass is 79.9. The molecule has 5 heteroatoms. The Bertz CT molecular complexity index is 662. The van der Waals surface area contributed by atoms with E-state index in [0.717, 1.165) is 32.6 Å². The summed E-state index contributed by atoms with van der Waals surface area (Å²) < 4.78 is 11.0. The van der Waals surface area contributed by atoms with Gasteiger partial charge in [0.1, 0.15) is 5.75 Å². The molecule has 0 saturated carbocycles. The molecule has 0 bridgehead atoms. The van der Waals surface area contributed by atoms with Crippen LogP contribution in [0, 0.1) is 0 Å². The molecule has 0 atom stereocenters. The fraction of sp³-hybridized carbons (Fsp3) is 0.154. The van der Waals surface area contributed by atoms with Crippen molar-refractivity contribution in [1.29, 1.82) is 0 Å². The molecule has 3 aromatic rings. The zero-order valence-electron chi connectivity index (χ0n) is 9.43. The molecule has 0 amide bonds. The lowest BCUT2D eigenvalue weighted by atomic mass is 10.1. The van der Waals surface area contributed by atoms with Gasteiger partial charge in [0.2, 0.25) is 0 Å². The lowest BCUT2D eigenvalue weighted by Crippen LogP contribution is -1.97. The van der Waals surface area contributed by atoms with Crippen molar-refractivity contribution < 1.29 is 9.26 Å². The van der Waals surface area contributed by atoms with E-state index in [2.05, 4.69) is 21.1 Å². The van der Waals surface area contributed by atoms with Crippen LogP contribution in [0.4, 0.5) is 0 Å². The summed E-state index contributed by atoms with van der Waals surface area (Å²) >= 11 is 4.92. The molecule has 0 saturated heterocycles. The number of benzene rings is 1. The van der Waals surface area contributed by atoms with Crippen molar-refractivity contribution in [2.75, 3.05) is 11.9 Å². The highest BCUT2D eigenvalue weighted by Crippen LogP contribution is 2.32. The Labute approximate surface area is 116 Å². The highest BCUT2D eigenvalue weighted by Gasteiger charge is 2.11. The zero-order chi connectivity index (χ0) is 12.4. The Hall–Kier alpha value is -1.33. The summed E-state index contributed by atoms with van der Waals surface area (Å²) in [5.74, 6) is 1.64. The second-order valence-electron chi connectivity index (χ2n) is 3.72. The molecule has 18 heavy (non-hydrogen) atoms. The molecule has 2 heterocycles. The van der Waals surface area contributed by atoms with Gasteiger partial charge in [-0.1, -0.05) is 33.2 Å². The number of rotatable bonds is 4. The molecule has 92 valence electrons. The van der Waals surface area contributed by atoms with Crippen molar-refractivity contribution in [3.63, 3.8) is 0 Å². The van der Waals surface area contributed by atoms with Crippen molar-refractivity contribution in [2.45, 2.75) is 0 Å². The Morgan fingerprint density at radius 3 is 3.17 bits per heavy atom. The summed E-state index contributed by atoms with van der Waals surface area (Å²) in [7, 11) is 0. The topological polar surface area (TPSA) is 35.3 Å². The average molecular weight is 324 g/mol. The first-order chi connectivity index (χ1) is 8.88. The number of halogens is 1. The van der Waals surface area contributed by atoms with Gasteiger partial charge in [0.25, 0.3) is 0 Å². The van der Waals surface area contributed by atoms with Crippen molar-refractivity contribution >= 4 is 37.5 Å². The van der Waals surface area contributed by atoms with E-state index in [1.54, 1.807) is 11.3 Å². The summed E-state index contributed by atoms with van der Waals surface area (Å²) in [4.78, 5) is 0.928. The second-order valence-corrected chi connectivity index (χ2v) is 5.40. The Kier molecular flexibility index (Phi) is 3.34. The van der Waals surface area contributed by atoms with Crippen LogP contribution in [0.15, 0.2) is 40.2 Å². The van der Waals surface area contributed by atoms with E-state index in [0.29, 0.717) is 6.61 Å². The number of nitrogens with zero attached hydrogens (tertiary/aromatic N) is 1. The van der Waals surface area contributed by atoms with Gasteiger partial charge in [-0.05, 0) is 23.6 Å². The molecule has 0 N–H and O–H groups in total. The lowest BCUT2D eigenvalue weighted by Gasteiger charge is -2.04. The first-order valence-electron chi connectivity index (χ1n) is 5.50. The van der Waals surface area contributed by atoms with Gasteiger partial charge in [-0.15, -0.1) is 11.3 Å². The third-order valence-electron chi connectivity index (χ3n) is 2.55. The SMILES string of the molecule is BrCCOc1cccc(-c2onc3sccc23)c1. The monoisotopic (exact) mass is 323 g/mol. The van der Waals surface area contributed by atoms with Crippen molar-refractivity contribution in [3.05, 3.63) is 35.7 Å². The van der Waals surface area contributed by atoms with Gasteiger partial charge in [0.05, 0.1) is 12.0 Å². The summed E-state index contributed by atoms with van der Waals surface area (Å²) in [6, 6.07) is 9.89. The van der Waals surface area contributed by atoms with Crippen LogP contribution in [0.25, 0.3) is 21.5 Å². The first kappa shape index (κ1) is 11.7. The van der Waals surface area contributed by atoms with Crippen LogP contribution in [0.2, 0.25) is 0 Å². The van der Waals surface area contributed by atoms with E-state index in [-0.39, 0.29) is 0 Å². The van der Waals surface area contributed by atoms with E-state index in [1.807, 2.05) is 35.7 Å². The molecule has 0 spiro atoms. The van der Waals surface area contributed by atoms with E-state index < -0.39 is 0 Å². The molecule has 0 aliphatic heterocycles. The van der Waals surface area contributed by atoms with Gasteiger partial charge in [-0.2, -0.15) is 0 Å². The number of fused-ring (bicyclic) bond motifs is 1. The molecular formula is C13H10BrNO2S. The highest BCUT2D eigenvalue weighted by molar-refractivity contribution is 9.09. The van der Waals surface area contributed by atoms with Crippen LogP contribution in [0.1, 0.15) is 0 Å². The van der Waals surface area contributed by atoms with Crippen molar-refractivity contribution in [2.24, 2.45) is 0 Å². The molecule has 0 unspecified atom stereocenters. The van der Waals surface area contributed by atoms with Gasteiger partial charge < -0.3 is 9.26 Å². The third kappa shape index (κ3) is 2.15. The quantitative estimate of drug-likeness (QED) is 0.670. The molecule has 0 radical (unpaired) electrons. The number of alkyl halides is 1. The van der Waals surface area contributed by atoms with Gasteiger partial charge in [0.15, 0.2) is 10.6 Å². The molecule has 1 aromatic carbocycles. The Morgan fingerprint density at radius 1 is 1.33 bits per heavy atom. The fourth-order valence-electron chi connectivity index (χ4n) is 1.77. The van der Waals surface area contributed by atoms with Crippen LogP contribution in [-0.2, 0) is 0 Å². The third-order valence-corrected chi connectivity index (χ3v) is 3.66. The normalized spacial score (nSPS) is 10.9. The van der Waals surface area contributed by atoms with Crippen LogP contribution >= 0.6 is 27.3 Å². The number of hydrogen-bond acceptors (Lipinski definition) is 4. The summed E-state index contributed by atoms with van der Waals surface area (Å²) in [5.41, 5.74) is 0.989. The van der Waals surface area contributed by atoms with Crippen molar-refractivity contribution in [1.82, 2.24) is 5.16 Å². The van der Waals surface area contributed by atoms with Crippen molar-refractivity contribution in [3.8, 4) is 17.1 Å². The Balaban J connectivity index is 1.99. The first-order valence-corrected chi connectivity index (χ1v) is 7.50. The zero-order valence-corrected chi connectivity index (χ0v) is 11.8. The summed E-state index contributed by atoms with van der Waals surface area (Å²) in [5, 5.41) is 7.92. The predicted octanol–water partition coefficient (Wildman–Crippen LogP) is 4.33. The maximum Gasteiger partial charge on any atom is 0.175 e. The number of aromatic nitrogens is 1. The number of ether oxygens (including phenoxy) is 1. The van der Waals surface area contributed by atoms with Crippen LogP contribution < -0.4 is 4.74 Å². The minimum atomic E-state index is 0.647. The van der Waals surface area contributed by atoms with Gasteiger partial charge in [-0.25, -0.2) is 0 Å². The van der Waals surface area contributed by atoms with Gasteiger partial charge >= 0.3 is 0 Å². The van der Waals surface area contributed by atoms with E-state index >= 15 is 0 Å². The minimum Gasteiger partial charge on any atom is -0.493 e. The maximum absolute atomic E-state index is 5.58.